The number of piperazine rings is 1. The van der Waals surface area contributed by atoms with E-state index in [4.69, 9.17) is 0 Å². The summed E-state index contributed by atoms with van der Waals surface area (Å²) in [6.07, 6.45) is 0.141. The Morgan fingerprint density at radius 1 is 1.36 bits per heavy atom. The summed E-state index contributed by atoms with van der Waals surface area (Å²) in [4.78, 5) is 36.4. The highest BCUT2D eigenvalue weighted by atomic mass is 32.1. The monoisotopic (exact) mass is 325 g/mol. The molecule has 120 valence electrons. The molecule has 0 radical (unpaired) electrons. The van der Waals surface area contributed by atoms with Gasteiger partial charge in [0.2, 0.25) is 22.9 Å². The molecule has 0 bridgehead atoms. The van der Waals surface area contributed by atoms with Crippen molar-refractivity contribution in [3.05, 3.63) is 5.01 Å². The first kappa shape index (κ1) is 16.3. The predicted octanol–water partition coefficient (Wildman–Crippen LogP) is 0.339. The second kappa shape index (κ2) is 7.30. The van der Waals surface area contributed by atoms with Crippen LogP contribution in [0.5, 0.6) is 0 Å². The maximum atomic E-state index is 11.9. The second-order valence-electron chi connectivity index (χ2n) is 5.31. The molecule has 0 spiro atoms. The Morgan fingerprint density at radius 2 is 2.14 bits per heavy atom. The van der Waals surface area contributed by atoms with Crippen molar-refractivity contribution in [2.45, 2.75) is 32.6 Å². The fourth-order valence-electron chi connectivity index (χ4n) is 1.93. The van der Waals surface area contributed by atoms with E-state index in [0.29, 0.717) is 18.2 Å². The lowest BCUT2D eigenvalue weighted by atomic mass is 10.2. The van der Waals surface area contributed by atoms with Crippen molar-refractivity contribution in [1.29, 1.82) is 0 Å². The standard InChI is InChI=1S/C13H19N5O3S/c1-8(2)12-16-17-13(22-12)15-9(19)3-4-11(21)18-6-5-14-10(20)7-18/h8H,3-7H2,1-2H3,(H,14,20)(H,15,17,19). The van der Waals surface area contributed by atoms with Crippen LogP contribution in [-0.4, -0.2) is 52.5 Å². The molecule has 0 unspecified atom stereocenters. The van der Waals surface area contributed by atoms with Gasteiger partial charge < -0.3 is 15.5 Å². The van der Waals surface area contributed by atoms with E-state index in [1.807, 2.05) is 13.8 Å². The van der Waals surface area contributed by atoms with Gasteiger partial charge in [0.25, 0.3) is 0 Å². The van der Waals surface area contributed by atoms with Crippen LogP contribution in [0.3, 0.4) is 0 Å². The van der Waals surface area contributed by atoms with E-state index < -0.39 is 0 Å². The fourth-order valence-corrected chi connectivity index (χ4v) is 2.69. The Hall–Kier alpha value is -2.03. The number of carbonyl (C=O) groups excluding carboxylic acids is 3. The van der Waals surface area contributed by atoms with Crippen LogP contribution in [0.25, 0.3) is 0 Å². The molecule has 8 nitrogen and oxygen atoms in total. The number of nitrogens with one attached hydrogen (secondary N) is 2. The maximum Gasteiger partial charge on any atom is 0.239 e. The van der Waals surface area contributed by atoms with Crippen LogP contribution < -0.4 is 10.6 Å². The Kier molecular flexibility index (Phi) is 5.42. The molecule has 1 aliphatic rings. The van der Waals surface area contributed by atoms with Crippen molar-refractivity contribution in [2.24, 2.45) is 0 Å². The predicted molar refractivity (Wildman–Crippen MR) is 81.5 cm³/mol. The summed E-state index contributed by atoms with van der Waals surface area (Å²) in [6, 6.07) is 0. The summed E-state index contributed by atoms with van der Waals surface area (Å²) in [5, 5.41) is 14.5. The average molecular weight is 325 g/mol. The Bertz CT molecular complexity index is 572. The zero-order chi connectivity index (χ0) is 16.1. The van der Waals surface area contributed by atoms with E-state index in [1.54, 1.807) is 0 Å². The summed E-state index contributed by atoms with van der Waals surface area (Å²) in [7, 11) is 0. The third kappa shape index (κ3) is 4.48. The minimum atomic E-state index is -0.277. The molecular formula is C13H19N5O3S. The molecule has 1 aliphatic heterocycles. The summed E-state index contributed by atoms with van der Waals surface area (Å²) in [6.45, 7) is 5.01. The van der Waals surface area contributed by atoms with Crippen LogP contribution in [0.15, 0.2) is 0 Å². The zero-order valence-corrected chi connectivity index (χ0v) is 13.4. The molecule has 1 aromatic heterocycles. The van der Waals surface area contributed by atoms with Crippen molar-refractivity contribution >= 4 is 34.2 Å². The van der Waals surface area contributed by atoms with Gasteiger partial charge in [0, 0.05) is 31.8 Å². The van der Waals surface area contributed by atoms with Crippen LogP contribution in [0, 0.1) is 0 Å². The molecule has 9 heteroatoms. The third-order valence-electron chi connectivity index (χ3n) is 3.14. The van der Waals surface area contributed by atoms with Crippen molar-refractivity contribution in [3.8, 4) is 0 Å². The molecule has 0 aromatic carbocycles. The molecule has 22 heavy (non-hydrogen) atoms. The van der Waals surface area contributed by atoms with E-state index in [0.717, 1.165) is 5.01 Å². The van der Waals surface area contributed by atoms with Crippen LogP contribution in [0.1, 0.15) is 37.6 Å². The molecular weight excluding hydrogens is 306 g/mol. The van der Waals surface area contributed by atoms with Crippen LogP contribution in [0.4, 0.5) is 5.13 Å². The second-order valence-corrected chi connectivity index (χ2v) is 6.32. The molecule has 0 aliphatic carbocycles. The molecule has 3 amide bonds. The highest BCUT2D eigenvalue weighted by Crippen LogP contribution is 2.22. The average Bonchev–Trinajstić information content (AvgIpc) is 2.93. The first-order chi connectivity index (χ1) is 10.5. The first-order valence-electron chi connectivity index (χ1n) is 7.13. The van der Waals surface area contributed by atoms with Gasteiger partial charge in [-0.2, -0.15) is 0 Å². The minimum absolute atomic E-state index is 0.0630. The fraction of sp³-hybridized carbons (Fsp3) is 0.615. The van der Waals surface area contributed by atoms with Crippen molar-refractivity contribution < 1.29 is 14.4 Å². The van der Waals surface area contributed by atoms with Gasteiger partial charge in [-0.25, -0.2) is 0 Å². The molecule has 1 saturated heterocycles. The largest absolute Gasteiger partial charge is 0.353 e. The normalized spacial score (nSPS) is 14.9. The lowest BCUT2D eigenvalue weighted by molar-refractivity contribution is -0.138. The summed E-state index contributed by atoms with van der Waals surface area (Å²) < 4.78 is 0. The number of aromatic nitrogens is 2. The molecule has 0 saturated carbocycles. The molecule has 2 N–H and O–H groups in total. The highest BCUT2D eigenvalue weighted by Gasteiger charge is 2.21. The van der Waals surface area contributed by atoms with E-state index in [-0.39, 0.29) is 43.0 Å². The molecule has 1 fully saturated rings. The number of nitrogens with zero attached hydrogens (tertiary/aromatic N) is 3. The Labute approximate surface area is 132 Å². The number of anilines is 1. The van der Waals surface area contributed by atoms with Crippen LogP contribution in [-0.2, 0) is 14.4 Å². The van der Waals surface area contributed by atoms with Gasteiger partial charge in [0.15, 0.2) is 0 Å². The number of carbonyl (C=O) groups is 3. The van der Waals surface area contributed by atoms with Crippen molar-refractivity contribution in [2.75, 3.05) is 25.0 Å². The van der Waals surface area contributed by atoms with Gasteiger partial charge in [0.05, 0.1) is 6.54 Å². The van der Waals surface area contributed by atoms with Gasteiger partial charge in [-0.05, 0) is 0 Å². The van der Waals surface area contributed by atoms with Crippen molar-refractivity contribution in [1.82, 2.24) is 20.4 Å². The maximum absolute atomic E-state index is 11.9. The lowest BCUT2D eigenvalue weighted by Crippen LogP contribution is -2.50. The topological polar surface area (TPSA) is 104 Å². The number of amides is 3. The van der Waals surface area contributed by atoms with Crippen LogP contribution in [0.2, 0.25) is 0 Å². The molecule has 1 aromatic rings. The molecule has 0 atom stereocenters. The van der Waals surface area contributed by atoms with Crippen molar-refractivity contribution in [3.63, 3.8) is 0 Å². The van der Waals surface area contributed by atoms with Gasteiger partial charge in [-0.15, -0.1) is 10.2 Å². The Balaban J connectivity index is 1.77. The summed E-state index contributed by atoms with van der Waals surface area (Å²) >= 11 is 1.33. The molecule has 2 rings (SSSR count). The highest BCUT2D eigenvalue weighted by molar-refractivity contribution is 7.15. The van der Waals surface area contributed by atoms with Gasteiger partial charge in [0.1, 0.15) is 5.01 Å². The minimum Gasteiger partial charge on any atom is -0.353 e. The SMILES string of the molecule is CC(C)c1nnc(NC(=O)CCC(=O)N2CCNC(=O)C2)s1. The smallest absolute Gasteiger partial charge is 0.239 e. The van der Waals surface area contributed by atoms with Gasteiger partial charge in [-0.1, -0.05) is 25.2 Å². The molecule has 2 heterocycles. The van der Waals surface area contributed by atoms with E-state index in [2.05, 4.69) is 20.8 Å². The van der Waals surface area contributed by atoms with Crippen LogP contribution >= 0.6 is 11.3 Å². The summed E-state index contributed by atoms with van der Waals surface area (Å²) in [5.41, 5.74) is 0. The zero-order valence-electron chi connectivity index (χ0n) is 12.6. The quantitative estimate of drug-likeness (QED) is 0.812. The number of hydrogen-bond acceptors (Lipinski definition) is 6. The first-order valence-corrected chi connectivity index (χ1v) is 7.95. The third-order valence-corrected chi connectivity index (χ3v) is 4.28. The summed E-state index contributed by atoms with van der Waals surface area (Å²) in [5.74, 6) is -0.375. The van der Waals surface area contributed by atoms with E-state index >= 15 is 0 Å². The lowest BCUT2D eigenvalue weighted by Gasteiger charge is -2.26. The van der Waals surface area contributed by atoms with E-state index in [1.165, 1.54) is 16.2 Å². The van der Waals surface area contributed by atoms with Gasteiger partial charge >= 0.3 is 0 Å². The van der Waals surface area contributed by atoms with E-state index in [9.17, 15) is 14.4 Å². The number of hydrogen-bond donors (Lipinski definition) is 2. The van der Waals surface area contributed by atoms with Gasteiger partial charge in [-0.3, -0.25) is 14.4 Å². The number of rotatable bonds is 5. The Morgan fingerprint density at radius 3 is 2.77 bits per heavy atom.